The number of nitrogens with zero attached hydrogens (tertiary/aromatic N) is 2. The molecular weight excluding hydrogens is 226 g/mol. The van der Waals surface area contributed by atoms with Gasteiger partial charge in [-0.15, -0.1) is 0 Å². The van der Waals surface area contributed by atoms with Gasteiger partial charge in [-0.1, -0.05) is 12.1 Å². The molecule has 2 saturated heterocycles. The molecule has 1 unspecified atom stereocenters. The largest absolute Gasteiger partial charge is 0.326 e. The van der Waals surface area contributed by atoms with Gasteiger partial charge in [0.25, 0.3) is 0 Å². The van der Waals surface area contributed by atoms with Crippen LogP contribution in [0.15, 0.2) is 24.3 Å². The fraction of sp³-hybridized carbons (Fsp3) is 0.500. The number of nitrogens with one attached hydrogen (secondary N) is 1. The Morgan fingerprint density at radius 1 is 1.33 bits per heavy atom. The average molecular weight is 245 g/mol. The number of hydrogen-bond acceptors (Lipinski definition) is 2. The van der Waals surface area contributed by atoms with E-state index in [0.717, 1.165) is 25.3 Å². The zero-order chi connectivity index (χ0) is 12.5. The lowest BCUT2D eigenvalue weighted by atomic mass is 10.0. The summed E-state index contributed by atoms with van der Waals surface area (Å²) in [5, 5.41) is 3.50. The highest BCUT2D eigenvalue weighted by Gasteiger charge is 2.27. The van der Waals surface area contributed by atoms with E-state index in [1.807, 2.05) is 18.0 Å². The van der Waals surface area contributed by atoms with Crippen molar-refractivity contribution in [1.82, 2.24) is 10.2 Å². The predicted molar refractivity (Wildman–Crippen MR) is 71.8 cm³/mol. The first-order valence-electron chi connectivity index (χ1n) is 6.62. The summed E-state index contributed by atoms with van der Waals surface area (Å²) in [5.74, 6) is 0. The maximum atomic E-state index is 12.0. The molecule has 18 heavy (non-hydrogen) atoms. The van der Waals surface area contributed by atoms with Gasteiger partial charge in [0.05, 0.1) is 0 Å². The van der Waals surface area contributed by atoms with Crippen molar-refractivity contribution in [2.45, 2.75) is 18.9 Å². The third-order valence-corrected chi connectivity index (χ3v) is 3.86. The van der Waals surface area contributed by atoms with E-state index in [0.29, 0.717) is 6.04 Å². The van der Waals surface area contributed by atoms with E-state index < -0.39 is 0 Å². The van der Waals surface area contributed by atoms with Gasteiger partial charge in [-0.25, -0.2) is 4.79 Å². The van der Waals surface area contributed by atoms with Crippen molar-refractivity contribution in [2.24, 2.45) is 0 Å². The van der Waals surface area contributed by atoms with Gasteiger partial charge in [0.2, 0.25) is 0 Å². The number of amides is 2. The molecule has 0 radical (unpaired) electrons. The molecule has 0 spiro atoms. The van der Waals surface area contributed by atoms with Crippen LogP contribution in [0, 0.1) is 0 Å². The summed E-state index contributed by atoms with van der Waals surface area (Å²) in [5.41, 5.74) is 2.32. The van der Waals surface area contributed by atoms with Crippen LogP contribution in [0.5, 0.6) is 0 Å². The normalized spacial score (nSPS) is 24.1. The number of benzene rings is 1. The Hall–Kier alpha value is -1.55. The molecule has 2 fully saturated rings. The Morgan fingerprint density at radius 3 is 2.89 bits per heavy atom. The van der Waals surface area contributed by atoms with E-state index in [9.17, 15) is 4.79 Å². The third kappa shape index (κ3) is 1.97. The molecule has 1 atom stereocenters. The summed E-state index contributed by atoms with van der Waals surface area (Å²) in [6, 6.07) is 8.94. The standard InChI is InChI=1S/C14H19N3O/c1-16-8-9-17(14(16)18)12-5-2-4-11(10-12)13-6-3-7-15-13/h2,4-5,10,13,15H,3,6-9H2,1H3. The van der Waals surface area contributed by atoms with Crippen molar-refractivity contribution in [3.05, 3.63) is 29.8 Å². The van der Waals surface area contributed by atoms with Crippen LogP contribution >= 0.6 is 0 Å². The summed E-state index contributed by atoms with van der Waals surface area (Å²) in [6.45, 7) is 2.70. The van der Waals surface area contributed by atoms with Crippen molar-refractivity contribution < 1.29 is 4.79 Å². The minimum atomic E-state index is 0.103. The molecule has 2 aliphatic heterocycles. The van der Waals surface area contributed by atoms with E-state index in [4.69, 9.17) is 0 Å². The molecule has 0 saturated carbocycles. The summed E-state index contributed by atoms with van der Waals surface area (Å²) in [6.07, 6.45) is 2.43. The Balaban J connectivity index is 1.84. The zero-order valence-electron chi connectivity index (χ0n) is 10.7. The summed E-state index contributed by atoms with van der Waals surface area (Å²) >= 11 is 0. The Kier molecular flexibility index (Phi) is 2.96. The maximum absolute atomic E-state index is 12.0. The van der Waals surface area contributed by atoms with Crippen LogP contribution in [0.2, 0.25) is 0 Å². The lowest BCUT2D eigenvalue weighted by molar-refractivity contribution is 0.229. The molecule has 3 rings (SSSR count). The molecular formula is C14H19N3O. The first-order valence-corrected chi connectivity index (χ1v) is 6.62. The number of likely N-dealkylation sites (N-methyl/N-ethyl adjacent to an activating group) is 1. The van der Waals surface area contributed by atoms with Gasteiger partial charge < -0.3 is 10.2 Å². The predicted octanol–water partition coefficient (Wildman–Crippen LogP) is 1.98. The summed E-state index contributed by atoms with van der Waals surface area (Å²) < 4.78 is 0. The van der Waals surface area contributed by atoms with E-state index in [-0.39, 0.29) is 6.03 Å². The molecule has 0 aromatic heterocycles. The van der Waals surface area contributed by atoms with Gasteiger partial charge in [-0.3, -0.25) is 4.90 Å². The highest BCUT2D eigenvalue weighted by atomic mass is 16.2. The molecule has 4 nitrogen and oxygen atoms in total. The molecule has 1 aromatic rings. The highest BCUT2D eigenvalue weighted by molar-refractivity contribution is 5.94. The third-order valence-electron chi connectivity index (χ3n) is 3.86. The van der Waals surface area contributed by atoms with Crippen LogP contribution in [-0.4, -0.2) is 37.6 Å². The number of anilines is 1. The van der Waals surface area contributed by atoms with Gasteiger partial charge >= 0.3 is 6.03 Å². The molecule has 0 aliphatic carbocycles. The second-order valence-electron chi connectivity index (χ2n) is 5.10. The molecule has 1 N–H and O–H groups in total. The molecule has 0 bridgehead atoms. The second-order valence-corrected chi connectivity index (χ2v) is 5.10. The topological polar surface area (TPSA) is 35.6 Å². The molecule has 96 valence electrons. The fourth-order valence-corrected chi connectivity index (χ4v) is 2.77. The van der Waals surface area contributed by atoms with E-state index in [1.54, 1.807) is 4.90 Å². The first-order chi connectivity index (χ1) is 8.75. The lowest BCUT2D eigenvalue weighted by Crippen LogP contribution is -2.29. The zero-order valence-corrected chi connectivity index (χ0v) is 10.7. The molecule has 1 aromatic carbocycles. The first kappa shape index (κ1) is 11.5. The smallest absolute Gasteiger partial charge is 0.324 e. The number of hydrogen-bond donors (Lipinski definition) is 1. The van der Waals surface area contributed by atoms with Crippen molar-refractivity contribution in [3.63, 3.8) is 0 Å². The highest BCUT2D eigenvalue weighted by Crippen LogP contribution is 2.27. The monoisotopic (exact) mass is 245 g/mol. The minimum Gasteiger partial charge on any atom is -0.326 e. The van der Waals surface area contributed by atoms with Gasteiger partial charge in [-0.05, 0) is 37.1 Å². The van der Waals surface area contributed by atoms with Crippen LogP contribution in [0.3, 0.4) is 0 Å². The van der Waals surface area contributed by atoms with E-state index >= 15 is 0 Å². The minimum absolute atomic E-state index is 0.103. The SMILES string of the molecule is CN1CCN(c2cccc(C3CCCN3)c2)C1=O. The van der Waals surface area contributed by atoms with E-state index in [2.05, 4.69) is 23.5 Å². The quantitative estimate of drug-likeness (QED) is 0.865. The van der Waals surface area contributed by atoms with E-state index in [1.165, 1.54) is 18.4 Å². The average Bonchev–Trinajstić information content (AvgIpc) is 3.02. The van der Waals surface area contributed by atoms with Crippen molar-refractivity contribution in [2.75, 3.05) is 31.6 Å². The van der Waals surface area contributed by atoms with Crippen LogP contribution in [0.1, 0.15) is 24.4 Å². The number of urea groups is 1. The molecule has 4 heteroatoms. The van der Waals surface area contributed by atoms with Crippen molar-refractivity contribution in [1.29, 1.82) is 0 Å². The van der Waals surface area contributed by atoms with Gasteiger partial charge in [0.1, 0.15) is 0 Å². The van der Waals surface area contributed by atoms with Crippen LogP contribution in [-0.2, 0) is 0 Å². The second kappa shape index (κ2) is 4.61. The van der Waals surface area contributed by atoms with Crippen LogP contribution < -0.4 is 10.2 Å². The lowest BCUT2D eigenvalue weighted by Gasteiger charge is -2.18. The van der Waals surface area contributed by atoms with Crippen LogP contribution in [0.25, 0.3) is 0 Å². The van der Waals surface area contributed by atoms with Crippen molar-refractivity contribution in [3.8, 4) is 0 Å². The summed E-state index contributed by atoms with van der Waals surface area (Å²) in [4.78, 5) is 15.6. The molecule has 2 heterocycles. The number of carbonyl (C=O) groups is 1. The number of rotatable bonds is 2. The molecule has 2 aliphatic rings. The molecule has 2 amide bonds. The van der Waals surface area contributed by atoms with Gasteiger partial charge in [0, 0.05) is 31.9 Å². The Morgan fingerprint density at radius 2 is 2.22 bits per heavy atom. The van der Waals surface area contributed by atoms with Crippen molar-refractivity contribution >= 4 is 11.7 Å². The fourth-order valence-electron chi connectivity index (χ4n) is 2.77. The van der Waals surface area contributed by atoms with Gasteiger partial charge in [-0.2, -0.15) is 0 Å². The number of carbonyl (C=O) groups excluding carboxylic acids is 1. The Bertz CT molecular complexity index is 454. The summed E-state index contributed by atoms with van der Waals surface area (Å²) in [7, 11) is 1.85. The maximum Gasteiger partial charge on any atom is 0.324 e. The van der Waals surface area contributed by atoms with Gasteiger partial charge in [0.15, 0.2) is 0 Å². The Labute approximate surface area is 108 Å². The van der Waals surface area contributed by atoms with Crippen LogP contribution in [0.4, 0.5) is 10.5 Å².